The molecule has 0 bridgehead atoms. The second-order valence-corrected chi connectivity index (χ2v) is 6.27. The minimum absolute atomic E-state index is 0.0159. The number of nitrogen functional groups attached to an aromatic ring is 1. The van der Waals surface area contributed by atoms with Gasteiger partial charge in [-0.25, -0.2) is 0 Å². The second kappa shape index (κ2) is 4.80. The summed E-state index contributed by atoms with van der Waals surface area (Å²) in [6.07, 6.45) is 0.971. The van der Waals surface area contributed by atoms with Gasteiger partial charge in [-0.2, -0.15) is 0 Å². The van der Waals surface area contributed by atoms with Crippen LogP contribution < -0.4 is 10.6 Å². The summed E-state index contributed by atoms with van der Waals surface area (Å²) in [4.78, 5) is 2.37. The molecule has 2 aromatic carbocycles. The van der Waals surface area contributed by atoms with Crippen molar-refractivity contribution in [2.75, 3.05) is 17.2 Å². The quantitative estimate of drug-likeness (QED) is 0.813. The molecule has 1 heterocycles. The van der Waals surface area contributed by atoms with E-state index < -0.39 is 0 Å². The Bertz CT molecular complexity index is 686. The molecule has 0 saturated heterocycles. The van der Waals surface area contributed by atoms with Crippen LogP contribution in [0.4, 0.5) is 17.1 Å². The Labute approximate surface area is 127 Å². The molecule has 2 aromatic rings. The smallest absolute Gasteiger partial charge is 0.0688 e. The summed E-state index contributed by atoms with van der Waals surface area (Å²) >= 11 is 0. The highest BCUT2D eigenvalue weighted by Crippen LogP contribution is 2.51. The van der Waals surface area contributed by atoms with Crippen LogP contribution >= 0.6 is 0 Å². The average Bonchev–Trinajstić information content (AvgIpc) is 2.49. The molecule has 1 aliphatic heterocycles. The second-order valence-electron chi connectivity index (χ2n) is 6.27. The molecular weight excluding hydrogens is 256 g/mol. The standard InChI is InChI=1S/C19H24N2/c1-5-13-11-12-15-18(17(13)20)21(6-2)16-10-8-7-9-14(16)19(15,3)4/h7-12H,5-6,20H2,1-4H3. The number of para-hydroxylation sites is 1. The summed E-state index contributed by atoms with van der Waals surface area (Å²) in [5, 5.41) is 0. The van der Waals surface area contributed by atoms with Gasteiger partial charge in [0.1, 0.15) is 0 Å². The third-order valence-corrected chi connectivity index (χ3v) is 4.82. The highest BCUT2D eigenvalue weighted by molar-refractivity contribution is 5.86. The van der Waals surface area contributed by atoms with Gasteiger partial charge < -0.3 is 10.6 Å². The summed E-state index contributed by atoms with van der Waals surface area (Å²) in [5.41, 5.74) is 13.9. The zero-order chi connectivity index (χ0) is 15.2. The first-order chi connectivity index (χ1) is 10.0. The normalized spacial score (nSPS) is 15.5. The molecule has 1 aliphatic rings. The lowest BCUT2D eigenvalue weighted by atomic mass is 9.73. The summed E-state index contributed by atoms with van der Waals surface area (Å²) in [6.45, 7) is 9.87. The average molecular weight is 280 g/mol. The Kier molecular flexibility index (Phi) is 3.20. The van der Waals surface area contributed by atoms with Crippen LogP contribution in [0.15, 0.2) is 36.4 Å². The van der Waals surface area contributed by atoms with Crippen molar-refractivity contribution in [2.45, 2.75) is 39.5 Å². The van der Waals surface area contributed by atoms with E-state index >= 15 is 0 Å². The number of hydrogen-bond donors (Lipinski definition) is 1. The van der Waals surface area contributed by atoms with Crippen molar-refractivity contribution in [2.24, 2.45) is 0 Å². The number of fused-ring (bicyclic) bond motifs is 2. The van der Waals surface area contributed by atoms with E-state index in [2.05, 4.69) is 69.0 Å². The van der Waals surface area contributed by atoms with Crippen molar-refractivity contribution >= 4 is 17.1 Å². The molecule has 3 rings (SSSR count). The van der Waals surface area contributed by atoms with Gasteiger partial charge in [-0.3, -0.25) is 0 Å². The molecule has 0 amide bonds. The Morgan fingerprint density at radius 2 is 1.71 bits per heavy atom. The van der Waals surface area contributed by atoms with Gasteiger partial charge in [-0.15, -0.1) is 0 Å². The molecule has 0 saturated carbocycles. The molecule has 0 spiro atoms. The number of rotatable bonds is 2. The van der Waals surface area contributed by atoms with Gasteiger partial charge in [0.2, 0.25) is 0 Å². The first-order valence-corrected chi connectivity index (χ1v) is 7.81. The molecule has 0 radical (unpaired) electrons. The van der Waals surface area contributed by atoms with Crippen LogP contribution in [-0.2, 0) is 11.8 Å². The maximum Gasteiger partial charge on any atom is 0.0688 e. The van der Waals surface area contributed by atoms with Crippen LogP contribution in [0.1, 0.15) is 44.4 Å². The number of nitrogens with zero attached hydrogens (tertiary/aromatic N) is 1. The molecule has 110 valence electrons. The number of nitrogens with two attached hydrogens (primary N) is 1. The van der Waals surface area contributed by atoms with Crippen molar-refractivity contribution in [1.82, 2.24) is 0 Å². The molecule has 0 aliphatic carbocycles. The zero-order valence-electron chi connectivity index (χ0n) is 13.4. The molecule has 0 atom stereocenters. The topological polar surface area (TPSA) is 29.3 Å². The molecule has 21 heavy (non-hydrogen) atoms. The fourth-order valence-electron chi connectivity index (χ4n) is 3.58. The predicted molar refractivity (Wildman–Crippen MR) is 91.5 cm³/mol. The van der Waals surface area contributed by atoms with Gasteiger partial charge in [0, 0.05) is 17.6 Å². The maximum atomic E-state index is 6.52. The Morgan fingerprint density at radius 1 is 1.00 bits per heavy atom. The molecular formula is C19H24N2. The largest absolute Gasteiger partial charge is 0.397 e. The van der Waals surface area contributed by atoms with E-state index in [9.17, 15) is 0 Å². The lowest BCUT2D eigenvalue weighted by Gasteiger charge is -2.42. The van der Waals surface area contributed by atoms with E-state index in [0.717, 1.165) is 18.7 Å². The number of anilines is 3. The first-order valence-electron chi connectivity index (χ1n) is 7.81. The SMILES string of the molecule is CCc1ccc2c(c1N)N(CC)c1ccccc1C2(C)C. The van der Waals surface area contributed by atoms with Gasteiger partial charge >= 0.3 is 0 Å². The van der Waals surface area contributed by atoms with Gasteiger partial charge in [-0.05, 0) is 36.1 Å². The monoisotopic (exact) mass is 280 g/mol. The van der Waals surface area contributed by atoms with Gasteiger partial charge in [0.05, 0.1) is 11.4 Å². The highest BCUT2D eigenvalue weighted by Gasteiger charge is 2.36. The van der Waals surface area contributed by atoms with Crippen LogP contribution in [0.25, 0.3) is 0 Å². The first kappa shape index (κ1) is 14.0. The van der Waals surface area contributed by atoms with E-state index in [4.69, 9.17) is 5.73 Å². The molecule has 0 unspecified atom stereocenters. The third kappa shape index (κ3) is 1.85. The zero-order valence-corrected chi connectivity index (χ0v) is 13.4. The minimum Gasteiger partial charge on any atom is -0.397 e. The Morgan fingerprint density at radius 3 is 2.38 bits per heavy atom. The summed E-state index contributed by atoms with van der Waals surface area (Å²) in [5.74, 6) is 0. The van der Waals surface area contributed by atoms with E-state index in [1.165, 1.54) is 28.1 Å². The highest BCUT2D eigenvalue weighted by atomic mass is 15.2. The van der Waals surface area contributed by atoms with Crippen LogP contribution in [0.3, 0.4) is 0 Å². The molecule has 2 heteroatoms. The van der Waals surface area contributed by atoms with Gasteiger partial charge in [-0.1, -0.05) is 51.1 Å². The Hall–Kier alpha value is -1.96. The lowest BCUT2D eigenvalue weighted by molar-refractivity contribution is 0.626. The number of hydrogen-bond acceptors (Lipinski definition) is 2. The fraction of sp³-hybridized carbons (Fsp3) is 0.368. The van der Waals surface area contributed by atoms with Crippen molar-refractivity contribution in [3.8, 4) is 0 Å². The van der Waals surface area contributed by atoms with Crippen LogP contribution in [0.2, 0.25) is 0 Å². The van der Waals surface area contributed by atoms with Crippen molar-refractivity contribution in [1.29, 1.82) is 0 Å². The van der Waals surface area contributed by atoms with E-state index in [-0.39, 0.29) is 5.41 Å². The van der Waals surface area contributed by atoms with Crippen molar-refractivity contribution in [3.05, 3.63) is 53.1 Å². The Balaban J connectivity index is 2.35. The number of aryl methyl sites for hydroxylation is 1. The van der Waals surface area contributed by atoms with Crippen molar-refractivity contribution < 1.29 is 0 Å². The van der Waals surface area contributed by atoms with E-state index in [1.807, 2.05) is 0 Å². The van der Waals surface area contributed by atoms with Gasteiger partial charge in [0.15, 0.2) is 0 Å². The summed E-state index contributed by atoms with van der Waals surface area (Å²) < 4.78 is 0. The minimum atomic E-state index is -0.0159. The molecule has 2 N–H and O–H groups in total. The maximum absolute atomic E-state index is 6.52. The van der Waals surface area contributed by atoms with Crippen LogP contribution in [0, 0.1) is 0 Å². The summed E-state index contributed by atoms with van der Waals surface area (Å²) in [7, 11) is 0. The van der Waals surface area contributed by atoms with E-state index in [0.29, 0.717) is 0 Å². The van der Waals surface area contributed by atoms with Crippen LogP contribution in [-0.4, -0.2) is 6.54 Å². The van der Waals surface area contributed by atoms with Gasteiger partial charge in [0.25, 0.3) is 0 Å². The predicted octanol–water partition coefficient (Wildman–Crippen LogP) is 4.63. The lowest BCUT2D eigenvalue weighted by Crippen LogP contribution is -2.33. The third-order valence-electron chi connectivity index (χ3n) is 4.82. The summed E-state index contributed by atoms with van der Waals surface area (Å²) in [6, 6.07) is 13.2. The molecule has 2 nitrogen and oxygen atoms in total. The van der Waals surface area contributed by atoms with Crippen molar-refractivity contribution in [3.63, 3.8) is 0 Å². The molecule has 0 aromatic heterocycles. The fourth-order valence-corrected chi connectivity index (χ4v) is 3.58. The molecule has 0 fully saturated rings. The number of benzene rings is 2. The van der Waals surface area contributed by atoms with Crippen LogP contribution in [0.5, 0.6) is 0 Å². The van der Waals surface area contributed by atoms with E-state index in [1.54, 1.807) is 0 Å².